The number of hydrogen-bond acceptors (Lipinski definition) is 6. The molecule has 10 heteroatoms. The SMILES string of the molecule is Cc1cc(Cl)nnc1NC(=O)c1ccc(NS(C)(=O)=O)nc1. The van der Waals surface area contributed by atoms with Gasteiger partial charge in [-0.15, -0.1) is 10.2 Å². The lowest BCUT2D eigenvalue weighted by Crippen LogP contribution is -2.15. The highest BCUT2D eigenvalue weighted by atomic mass is 35.5. The maximum absolute atomic E-state index is 12.1. The third-order valence-corrected chi connectivity index (χ3v) is 3.27. The highest BCUT2D eigenvalue weighted by Gasteiger charge is 2.11. The van der Waals surface area contributed by atoms with E-state index >= 15 is 0 Å². The van der Waals surface area contributed by atoms with Crippen LogP contribution in [-0.4, -0.2) is 35.8 Å². The molecule has 0 unspecified atom stereocenters. The van der Waals surface area contributed by atoms with E-state index in [9.17, 15) is 13.2 Å². The van der Waals surface area contributed by atoms with Gasteiger partial charge in [-0.2, -0.15) is 0 Å². The summed E-state index contributed by atoms with van der Waals surface area (Å²) >= 11 is 5.69. The van der Waals surface area contributed by atoms with E-state index in [4.69, 9.17) is 11.6 Å². The minimum atomic E-state index is -3.41. The summed E-state index contributed by atoms with van der Waals surface area (Å²) in [5.41, 5.74) is 0.909. The zero-order valence-electron chi connectivity index (χ0n) is 11.7. The molecule has 0 aliphatic rings. The average molecular weight is 342 g/mol. The number of nitrogens with zero attached hydrogens (tertiary/aromatic N) is 3. The van der Waals surface area contributed by atoms with E-state index in [1.54, 1.807) is 13.0 Å². The van der Waals surface area contributed by atoms with Crippen molar-refractivity contribution in [2.24, 2.45) is 0 Å². The van der Waals surface area contributed by atoms with Gasteiger partial charge >= 0.3 is 0 Å². The summed E-state index contributed by atoms with van der Waals surface area (Å²) in [6.45, 7) is 1.73. The fourth-order valence-corrected chi connectivity index (χ4v) is 2.24. The molecular formula is C12H12ClN5O3S. The van der Waals surface area contributed by atoms with Crippen LogP contribution in [0.25, 0.3) is 0 Å². The minimum absolute atomic E-state index is 0.126. The Balaban J connectivity index is 2.13. The number of carbonyl (C=O) groups excluding carboxylic acids is 1. The van der Waals surface area contributed by atoms with Crippen LogP contribution in [0.2, 0.25) is 5.15 Å². The quantitative estimate of drug-likeness (QED) is 0.870. The summed E-state index contributed by atoms with van der Waals surface area (Å²) in [6.07, 6.45) is 2.26. The third-order valence-electron chi connectivity index (χ3n) is 2.50. The van der Waals surface area contributed by atoms with E-state index in [1.165, 1.54) is 18.3 Å². The number of nitrogens with one attached hydrogen (secondary N) is 2. The van der Waals surface area contributed by atoms with Crippen LogP contribution in [0.4, 0.5) is 11.6 Å². The first-order valence-electron chi connectivity index (χ1n) is 5.99. The number of aryl methyl sites for hydroxylation is 1. The molecule has 0 fully saturated rings. The van der Waals surface area contributed by atoms with E-state index in [1.807, 2.05) is 0 Å². The van der Waals surface area contributed by atoms with E-state index in [2.05, 4.69) is 25.2 Å². The minimum Gasteiger partial charge on any atom is -0.305 e. The lowest BCUT2D eigenvalue weighted by atomic mass is 10.2. The number of aromatic nitrogens is 3. The van der Waals surface area contributed by atoms with Gasteiger partial charge in [0.05, 0.1) is 11.8 Å². The Morgan fingerprint density at radius 3 is 2.55 bits per heavy atom. The third kappa shape index (κ3) is 4.37. The first-order chi connectivity index (χ1) is 10.2. The van der Waals surface area contributed by atoms with Gasteiger partial charge in [-0.3, -0.25) is 9.52 Å². The van der Waals surface area contributed by atoms with Crippen molar-refractivity contribution in [3.05, 3.63) is 40.7 Å². The normalized spacial score (nSPS) is 11.0. The summed E-state index contributed by atoms with van der Waals surface area (Å²) in [4.78, 5) is 15.9. The van der Waals surface area contributed by atoms with E-state index in [0.717, 1.165) is 6.26 Å². The summed E-state index contributed by atoms with van der Waals surface area (Å²) in [6, 6.07) is 4.40. The number of carbonyl (C=O) groups is 1. The van der Waals surface area contributed by atoms with Crippen LogP contribution >= 0.6 is 11.6 Å². The number of hydrogen-bond donors (Lipinski definition) is 2. The number of amides is 1. The summed E-state index contributed by atoms with van der Waals surface area (Å²) in [5.74, 6) is -0.0348. The van der Waals surface area contributed by atoms with Crippen molar-refractivity contribution < 1.29 is 13.2 Å². The van der Waals surface area contributed by atoms with Gasteiger partial charge < -0.3 is 5.32 Å². The molecule has 2 rings (SSSR count). The van der Waals surface area contributed by atoms with E-state index < -0.39 is 15.9 Å². The average Bonchev–Trinajstić information content (AvgIpc) is 2.41. The predicted molar refractivity (Wildman–Crippen MR) is 82.4 cm³/mol. The molecule has 0 atom stereocenters. The zero-order chi connectivity index (χ0) is 16.3. The van der Waals surface area contributed by atoms with Crippen molar-refractivity contribution in [2.75, 3.05) is 16.3 Å². The Labute approximate surface area is 132 Å². The highest BCUT2D eigenvalue weighted by molar-refractivity contribution is 7.92. The second-order valence-corrected chi connectivity index (χ2v) is 6.59. The lowest BCUT2D eigenvalue weighted by molar-refractivity contribution is 0.102. The Bertz CT molecular complexity index is 808. The van der Waals surface area contributed by atoms with Crippen molar-refractivity contribution >= 4 is 39.2 Å². The molecule has 0 spiro atoms. The van der Waals surface area contributed by atoms with Crippen LogP contribution in [-0.2, 0) is 10.0 Å². The van der Waals surface area contributed by atoms with Crippen LogP contribution < -0.4 is 10.0 Å². The van der Waals surface area contributed by atoms with Crippen LogP contribution in [0.15, 0.2) is 24.4 Å². The molecule has 0 saturated heterocycles. The van der Waals surface area contributed by atoms with E-state index in [0.29, 0.717) is 5.56 Å². The van der Waals surface area contributed by atoms with Gasteiger partial charge in [0, 0.05) is 6.20 Å². The smallest absolute Gasteiger partial charge is 0.258 e. The Kier molecular flexibility index (Phi) is 4.57. The topological polar surface area (TPSA) is 114 Å². The largest absolute Gasteiger partial charge is 0.305 e. The molecule has 0 bridgehead atoms. The molecule has 0 aliphatic heterocycles. The van der Waals surface area contributed by atoms with Crippen molar-refractivity contribution in [1.82, 2.24) is 15.2 Å². The van der Waals surface area contributed by atoms with Gasteiger partial charge in [-0.05, 0) is 30.7 Å². The van der Waals surface area contributed by atoms with Gasteiger partial charge in [0.1, 0.15) is 5.82 Å². The maximum Gasteiger partial charge on any atom is 0.258 e. The highest BCUT2D eigenvalue weighted by Crippen LogP contribution is 2.15. The van der Waals surface area contributed by atoms with Crippen molar-refractivity contribution in [3.8, 4) is 0 Å². The molecule has 22 heavy (non-hydrogen) atoms. The summed E-state index contributed by atoms with van der Waals surface area (Å²) in [7, 11) is -3.41. The lowest BCUT2D eigenvalue weighted by Gasteiger charge is -2.07. The number of rotatable bonds is 4. The van der Waals surface area contributed by atoms with E-state index in [-0.39, 0.29) is 22.4 Å². The molecule has 2 aromatic rings. The molecule has 2 heterocycles. The zero-order valence-corrected chi connectivity index (χ0v) is 13.2. The number of pyridine rings is 1. The fraction of sp³-hybridized carbons (Fsp3) is 0.167. The van der Waals surface area contributed by atoms with Gasteiger partial charge in [0.25, 0.3) is 5.91 Å². The molecular weight excluding hydrogens is 330 g/mol. The number of sulfonamides is 1. The predicted octanol–water partition coefficient (Wildman–Crippen LogP) is 1.46. The summed E-state index contributed by atoms with van der Waals surface area (Å²) in [5, 5.41) is 10.2. The fourth-order valence-electron chi connectivity index (χ4n) is 1.53. The molecule has 0 saturated carbocycles. The first-order valence-corrected chi connectivity index (χ1v) is 8.26. The number of anilines is 2. The van der Waals surface area contributed by atoms with Gasteiger partial charge in [-0.25, -0.2) is 13.4 Å². The Morgan fingerprint density at radius 2 is 2.00 bits per heavy atom. The van der Waals surface area contributed by atoms with Crippen LogP contribution in [0.1, 0.15) is 15.9 Å². The second-order valence-electron chi connectivity index (χ2n) is 4.46. The summed E-state index contributed by atoms with van der Waals surface area (Å²) < 4.78 is 24.3. The molecule has 1 amide bonds. The molecule has 116 valence electrons. The van der Waals surface area contributed by atoms with Crippen molar-refractivity contribution in [1.29, 1.82) is 0 Å². The molecule has 8 nitrogen and oxygen atoms in total. The molecule has 0 aromatic carbocycles. The maximum atomic E-state index is 12.1. The molecule has 2 N–H and O–H groups in total. The van der Waals surface area contributed by atoms with Crippen molar-refractivity contribution in [3.63, 3.8) is 0 Å². The monoisotopic (exact) mass is 341 g/mol. The Morgan fingerprint density at radius 1 is 1.27 bits per heavy atom. The van der Waals surface area contributed by atoms with Crippen LogP contribution in [0, 0.1) is 6.92 Å². The van der Waals surface area contributed by atoms with Gasteiger partial charge in [-0.1, -0.05) is 11.6 Å². The van der Waals surface area contributed by atoms with Crippen LogP contribution in [0.5, 0.6) is 0 Å². The van der Waals surface area contributed by atoms with Gasteiger partial charge in [0.2, 0.25) is 10.0 Å². The standard InChI is InChI=1S/C12H12ClN5O3S/c1-7-5-9(13)16-17-11(7)15-12(19)8-3-4-10(14-6-8)18-22(2,20)21/h3-6H,1-2H3,(H,14,18)(H,15,17,19). The molecule has 2 aromatic heterocycles. The molecule has 0 aliphatic carbocycles. The van der Waals surface area contributed by atoms with Crippen molar-refractivity contribution in [2.45, 2.75) is 6.92 Å². The van der Waals surface area contributed by atoms with Crippen LogP contribution in [0.3, 0.4) is 0 Å². The number of halogens is 1. The molecule has 0 radical (unpaired) electrons. The second kappa shape index (κ2) is 6.24. The Hall–Kier alpha value is -2.26. The first kappa shape index (κ1) is 16.1. The van der Waals surface area contributed by atoms with Gasteiger partial charge in [0.15, 0.2) is 11.0 Å².